The summed E-state index contributed by atoms with van der Waals surface area (Å²) in [7, 11) is 1.57. The van der Waals surface area contributed by atoms with Crippen LogP contribution < -0.4 is 15.6 Å². The van der Waals surface area contributed by atoms with Gasteiger partial charge in [0, 0.05) is 16.8 Å². The van der Waals surface area contributed by atoms with E-state index in [1.54, 1.807) is 27.0 Å². The average molecular weight is 314 g/mol. The Labute approximate surface area is 133 Å². The van der Waals surface area contributed by atoms with Gasteiger partial charge in [0.1, 0.15) is 16.9 Å². The zero-order chi connectivity index (χ0) is 16.4. The second-order valence-corrected chi connectivity index (χ2v) is 5.35. The Balaban J connectivity index is 1.93. The van der Waals surface area contributed by atoms with Crippen LogP contribution in [-0.2, 0) is 4.74 Å². The first-order valence-electron chi connectivity index (χ1n) is 7.30. The lowest BCUT2D eigenvalue weighted by molar-refractivity contribution is 0.117. The largest absolute Gasteiger partial charge is 0.494 e. The number of fused-ring (bicyclic) bond motifs is 3. The van der Waals surface area contributed by atoms with E-state index in [9.17, 15) is 4.79 Å². The molecule has 0 unspecified atom stereocenters. The first-order chi connectivity index (χ1) is 11.1. The average Bonchev–Trinajstić information content (AvgIpc) is 2.88. The number of methoxy groups -OCH3 is 1. The van der Waals surface area contributed by atoms with Crippen LogP contribution in [0.1, 0.15) is 13.8 Å². The van der Waals surface area contributed by atoms with Crippen molar-refractivity contribution in [2.24, 2.45) is 0 Å². The number of carbonyl (C=O) groups excluding carboxylic acids is 1. The third kappa shape index (κ3) is 3.01. The molecule has 0 bridgehead atoms. The van der Waals surface area contributed by atoms with Gasteiger partial charge in [0.15, 0.2) is 0 Å². The number of hydrogen-bond acceptors (Lipinski definition) is 5. The van der Waals surface area contributed by atoms with Gasteiger partial charge in [-0.15, -0.1) is 0 Å². The lowest BCUT2D eigenvalue weighted by atomic mass is 10.1. The molecule has 6 heteroatoms. The van der Waals surface area contributed by atoms with Gasteiger partial charge in [0.05, 0.1) is 18.9 Å². The Morgan fingerprint density at radius 2 is 1.91 bits per heavy atom. The number of carbonyl (C=O) groups is 1. The second kappa shape index (κ2) is 6.08. The van der Waals surface area contributed by atoms with E-state index in [0.717, 1.165) is 16.4 Å². The molecule has 120 valence electrons. The van der Waals surface area contributed by atoms with Gasteiger partial charge in [-0.05, 0) is 26.0 Å². The molecule has 0 saturated carbocycles. The number of anilines is 1. The molecule has 2 N–H and O–H groups in total. The predicted octanol–water partition coefficient (Wildman–Crippen LogP) is 4.06. The molecule has 0 atom stereocenters. The molecule has 0 spiro atoms. The first kappa shape index (κ1) is 15.0. The highest BCUT2D eigenvalue weighted by molar-refractivity contribution is 6.06. The van der Waals surface area contributed by atoms with Gasteiger partial charge in [0.2, 0.25) is 0 Å². The Bertz CT molecular complexity index is 854. The van der Waals surface area contributed by atoms with Crippen molar-refractivity contribution in [1.82, 2.24) is 5.43 Å². The lowest BCUT2D eigenvalue weighted by Crippen LogP contribution is -2.31. The molecule has 0 saturated heterocycles. The summed E-state index contributed by atoms with van der Waals surface area (Å²) in [4.78, 5) is 11.6. The number of nitrogens with one attached hydrogen (secondary N) is 2. The van der Waals surface area contributed by atoms with Crippen LogP contribution in [0.4, 0.5) is 10.5 Å². The van der Waals surface area contributed by atoms with Crippen LogP contribution in [-0.4, -0.2) is 19.3 Å². The van der Waals surface area contributed by atoms with Gasteiger partial charge in [0.25, 0.3) is 0 Å². The Hall–Kier alpha value is -2.89. The third-order valence-electron chi connectivity index (χ3n) is 3.34. The molecule has 0 radical (unpaired) electrons. The molecule has 1 heterocycles. The van der Waals surface area contributed by atoms with Crippen molar-refractivity contribution in [3.63, 3.8) is 0 Å². The molecule has 0 aliphatic rings. The summed E-state index contributed by atoms with van der Waals surface area (Å²) in [5.74, 6) is 0.592. The fourth-order valence-electron chi connectivity index (χ4n) is 2.38. The number of amides is 1. The number of furan rings is 1. The van der Waals surface area contributed by atoms with Crippen LogP contribution in [0.15, 0.2) is 40.8 Å². The molecular weight excluding hydrogens is 296 g/mol. The zero-order valence-electron chi connectivity index (χ0n) is 13.2. The molecule has 6 nitrogen and oxygen atoms in total. The van der Waals surface area contributed by atoms with Crippen LogP contribution >= 0.6 is 0 Å². The molecule has 1 aromatic heterocycles. The summed E-state index contributed by atoms with van der Waals surface area (Å²) in [6.45, 7) is 3.56. The SMILES string of the molecule is COc1cc2c(cc1NNC(=O)OC(C)C)oc1ccccc12. The van der Waals surface area contributed by atoms with E-state index in [2.05, 4.69) is 10.9 Å². The van der Waals surface area contributed by atoms with Gasteiger partial charge in [-0.1, -0.05) is 18.2 Å². The maximum atomic E-state index is 11.6. The van der Waals surface area contributed by atoms with Gasteiger partial charge >= 0.3 is 6.09 Å². The summed E-state index contributed by atoms with van der Waals surface area (Å²) in [5.41, 5.74) is 7.35. The van der Waals surface area contributed by atoms with Crippen molar-refractivity contribution >= 4 is 33.7 Å². The quantitative estimate of drug-likeness (QED) is 0.711. The lowest BCUT2D eigenvalue weighted by Gasteiger charge is -2.13. The van der Waals surface area contributed by atoms with Crippen molar-refractivity contribution < 1.29 is 18.7 Å². The Morgan fingerprint density at radius 1 is 1.13 bits per heavy atom. The molecule has 2 aromatic carbocycles. The van der Waals surface area contributed by atoms with Crippen molar-refractivity contribution in [1.29, 1.82) is 0 Å². The van der Waals surface area contributed by atoms with Gasteiger partial charge < -0.3 is 13.9 Å². The van der Waals surface area contributed by atoms with E-state index in [0.29, 0.717) is 17.0 Å². The molecule has 0 fully saturated rings. The van der Waals surface area contributed by atoms with Gasteiger partial charge in [-0.2, -0.15) is 0 Å². The van der Waals surface area contributed by atoms with Crippen LogP contribution in [0.3, 0.4) is 0 Å². The molecule has 3 rings (SSSR count). The second-order valence-electron chi connectivity index (χ2n) is 5.35. The fraction of sp³-hybridized carbons (Fsp3) is 0.235. The van der Waals surface area contributed by atoms with E-state index in [1.807, 2.05) is 30.3 Å². The maximum absolute atomic E-state index is 11.6. The van der Waals surface area contributed by atoms with Crippen LogP contribution in [0.25, 0.3) is 21.9 Å². The number of hydrazine groups is 1. The molecular formula is C17H18N2O4. The first-order valence-corrected chi connectivity index (χ1v) is 7.30. The monoisotopic (exact) mass is 314 g/mol. The minimum atomic E-state index is -0.563. The third-order valence-corrected chi connectivity index (χ3v) is 3.34. The summed E-state index contributed by atoms with van der Waals surface area (Å²) in [5, 5.41) is 1.97. The summed E-state index contributed by atoms with van der Waals surface area (Å²) in [6, 6.07) is 11.4. The van der Waals surface area contributed by atoms with Crippen LogP contribution in [0.5, 0.6) is 5.75 Å². The standard InChI is InChI=1S/C17H18N2O4/c1-10(2)22-17(20)19-18-13-9-15-12(8-16(13)21-3)11-6-4-5-7-14(11)23-15/h4-10,18H,1-3H3,(H,19,20). The summed E-state index contributed by atoms with van der Waals surface area (Å²) < 4.78 is 16.2. The Kier molecular flexibility index (Phi) is 3.97. The number of hydrogen-bond donors (Lipinski definition) is 2. The molecule has 3 aromatic rings. The highest BCUT2D eigenvalue weighted by Crippen LogP contribution is 2.35. The van der Waals surface area contributed by atoms with E-state index < -0.39 is 6.09 Å². The highest BCUT2D eigenvalue weighted by atomic mass is 16.6. The predicted molar refractivity (Wildman–Crippen MR) is 88.6 cm³/mol. The molecule has 1 amide bonds. The number of rotatable bonds is 4. The van der Waals surface area contributed by atoms with Crippen LogP contribution in [0.2, 0.25) is 0 Å². The molecule has 23 heavy (non-hydrogen) atoms. The summed E-state index contributed by atoms with van der Waals surface area (Å²) in [6.07, 6.45) is -0.761. The minimum Gasteiger partial charge on any atom is -0.494 e. The zero-order valence-corrected chi connectivity index (χ0v) is 13.2. The smallest absolute Gasteiger partial charge is 0.426 e. The van der Waals surface area contributed by atoms with Crippen molar-refractivity contribution in [2.45, 2.75) is 20.0 Å². The van der Waals surface area contributed by atoms with Crippen molar-refractivity contribution in [3.8, 4) is 5.75 Å². The van der Waals surface area contributed by atoms with Crippen molar-refractivity contribution in [2.75, 3.05) is 12.5 Å². The molecule has 0 aliphatic carbocycles. The van der Waals surface area contributed by atoms with E-state index in [1.165, 1.54) is 0 Å². The highest BCUT2D eigenvalue weighted by Gasteiger charge is 2.13. The summed E-state index contributed by atoms with van der Waals surface area (Å²) >= 11 is 0. The van der Waals surface area contributed by atoms with E-state index >= 15 is 0 Å². The maximum Gasteiger partial charge on any atom is 0.426 e. The van der Waals surface area contributed by atoms with E-state index in [-0.39, 0.29) is 6.10 Å². The Morgan fingerprint density at radius 3 is 2.65 bits per heavy atom. The van der Waals surface area contributed by atoms with Crippen LogP contribution in [0, 0.1) is 0 Å². The van der Waals surface area contributed by atoms with Gasteiger partial charge in [-0.25, -0.2) is 10.2 Å². The fourth-order valence-corrected chi connectivity index (χ4v) is 2.38. The van der Waals surface area contributed by atoms with E-state index in [4.69, 9.17) is 13.9 Å². The number of para-hydroxylation sites is 1. The van der Waals surface area contributed by atoms with Crippen molar-refractivity contribution in [3.05, 3.63) is 36.4 Å². The normalized spacial score (nSPS) is 11.0. The topological polar surface area (TPSA) is 72.7 Å². The number of ether oxygens (including phenoxy) is 2. The molecule has 0 aliphatic heterocycles. The minimum absolute atomic E-state index is 0.198. The van der Waals surface area contributed by atoms with Gasteiger partial charge in [-0.3, -0.25) is 5.43 Å². The number of benzene rings is 2.